The Morgan fingerprint density at radius 1 is 0.839 bits per heavy atom. The van der Waals surface area contributed by atoms with E-state index in [2.05, 4.69) is 35.2 Å². The van der Waals surface area contributed by atoms with Crippen LogP contribution in [0.15, 0.2) is 91.0 Å². The number of nitrogens with zero attached hydrogens (tertiary/aromatic N) is 1. The number of aliphatic hydroxyl groups excluding tert-OH is 1. The molecule has 0 spiro atoms. The summed E-state index contributed by atoms with van der Waals surface area (Å²) in [6.45, 7) is 2.53. The molecule has 162 valence electrons. The first-order valence-corrected chi connectivity index (χ1v) is 11.4. The third-order valence-electron chi connectivity index (χ3n) is 6.71. The highest BCUT2D eigenvalue weighted by molar-refractivity contribution is 5.27. The van der Waals surface area contributed by atoms with Crippen molar-refractivity contribution in [3.05, 3.63) is 108 Å². The highest BCUT2D eigenvalue weighted by Crippen LogP contribution is 2.43. The molecule has 3 aromatic rings. The van der Waals surface area contributed by atoms with E-state index < -0.39 is 11.7 Å². The average molecular weight is 416 g/mol. The molecule has 2 N–H and O–H groups in total. The van der Waals surface area contributed by atoms with Crippen LogP contribution in [0.2, 0.25) is 0 Å². The van der Waals surface area contributed by atoms with Crippen LogP contribution >= 0.6 is 0 Å². The van der Waals surface area contributed by atoms with Gasteiger partial charge in [0.05, 0.1) is 11.7 Å². The minimum atomic E-state index is -1.03. The molecule has 0 amide bonds. The monoisotopic (exact) mass is 415 g/mol. The number of hydrogen-bond acceptors (Lipinski definition) is 3. The lowest BCUT2D eigenvalue weighted by Crippen LogP contribution is -2.52. The molecule has 0 aliphatic carbocycles. The molecule has 0 bridgehead atoms. The van der Waals surface area contributed by atoms with Crippen LogP contribution in [0.3, 0.4) is 0 Å². The van der Waals surface area contributed by atoms with Crippen LogP contribution in [0.5, 0.6) is 0 Å². The van der Waals surface area contributed by atoms with Crippen molar-refractivity contribution in [3.63, 3.8) is 0 Å². The van der Waals surface area contributed by atoms with Gasteiger partial charge in [0.15, 0.2) is 0 Å². The van der Waals surface area contributed by atoms with Crippen LogP contribution in [0.1, 0.15) is 42.1 Å². The average Bonchev–Trinajstić information content (AvgIpc) is 2.84. The Bertz CT molecular complexity index is 916. The van der Waals surface area contributed by atoms with Crippen molar-refractivity contribution in [2.75, 3.05) is 19.6 Å². The molecular weight excluding hydrogens is 382 g/mol. The van der Waals surface area contributed by atoms with Gasteiger partial charge in [-0.2, -0.15) is 0 Å². The van der Waals surface area contributed by atoms with E-state index in [9.17, 15) is 10.2 Å². The van der Waals surface area contributed by atoms with E-state index >= 15 is 0 Å². The van der Waals surface area contributed by atoms with Crippen LogP contribution in [-0.2, 0) is 12.0 Å². The molecule has 31 heavy (non-hydrogen) atoms. The van der Waals surface area contributed by atoms with E-state index in [1.165, 1.54) is 5.56 Å². The summed E-state index contributed by atoms with van der Waals surface area (Å²) < 4.78 is 0. The molecule has 0 aromatic heterocycles. The van der Waals surface area contributed by atoms with Crippen molar-refractivity contribution in [1.29, 1.82) is 0 Å². The molecule has 1 saturated heterocycles. The van der Waals surface area contributed by atoms with E-state index in [0.717, 1.165) is 43.5 Å². The SMILES string of the molecule is OC(c1ccccc1)[C@H]1CN(CCCCc2ccccc2)CC[C@]1(O)c1ccccc1. The minimum absolute atomic E-state index is 0.278. The quantitative estimate of drug-likeness (QED) is 0.512. The van der Waals surface area contributed by atoms with E-state index in [1.54, 1.807) is 0 Å². The second kappa shape index (κ2) is 10.2. The molecule has 0 radical (unpaired) electrons. The molecule has 0 saturated carbocycles. The molecule has 4 rings (SSSR count). The number of likely N-dealkylation sites (tertiary alicyclic amines) is 1. The summed E-state index contributed by atoms with van der Waals surface area (Å²) in [7, 11) is 0. The second-order valence-electron chi connectivity index (χ2n) is 8.75. The summed E-state index contributed by atoms with van der Waals surface area (Å²) in [5, 5.41) is 23.1. The summed E-state index contributed by atoms with van der Waals surface area (Å²) in [5.74, 6) is -0.278. The normalized spacial score (nSPS) is 22.8. The zero-order valence-electron chi connectivity index (χ0n) is 18.1. The molecule has 3 nitrogen and oxygen atoms in total. The van der Waals surface area contributed by atoms with Gasteiger partial charge in [0.25, 0.3) is 0 Å². The zero-order chi connectivity index (χ0) is 21.5. The first kappa shape index (κ1) is 21.8. The molecule has 1 aliphatic rings. The number of unbranched alkanes of at least 4 members (excludes halogenated alkanes) is 1. The standard InChI is InChI=1S/C28H33NO2/c30-27(24-15-6-2-7-16-24)26-22-29(20-11-10-14-23-12-4-1-5-13-23)21-19-28(26,31)25-17-8-3-9-18-25/h1-9,12-13,15-18,26-27,30-31H,10-11,14,19-22H2/t26-,27?,28+/m1/s1. The van der Waals surface area contributed by atoms with Crippen LogP contribution in [-0.4, -0.2) is 34.7 Å². The maximum Gasteiger partial charge on any atom is 0.0977 e. The van der Waals surface area contributed by atoms with Gasteiger partial charge in [-0.1, -0.05) is 91.0 Å². The number of aryl methyl sites for hydroxylation is 1. The van der Waals surface area contributed by atoms with Crippen LogP contribution in [0, 0.1) is 5.92 Å². The number of aliphatic hydroxyl groups is 2. The van der Waals surface area contributed by atoms with Crippen molar-refractivity contribution < 1.29 is 10.2 Å². The van der Waals surface area contributed by atoms with Gasteiger partial charge in [0.1, 0.15) is 0 Å². The number of hydrogen-bond donors (Lipinski definition) is 2. The fourth-order valence-corrected chi connectivity index (χ4v) is 4.88. The van der Waals surface area contributed by atoms with Crippen LogP contribution in [0.4, 0.5) is 0 Å². The van der Waals surface area contributed by atoms with E-state index in [4.69, 9.17) is 0 Å². The Morgan fingerprint density at radius 2 is 1.45 bits per heavy atom. The van der Waals surface area contributed by atoms with Gasteiger partial charge in [-0.05, 0) is 48.9 Å². The smallest absolute Gasteiger partial charge is 0.0977 e. The molecule has 3 atom stereocenters. The first-order valence-electron chi connectivity index (χ1n) is 11.4. The van der Waals surface area contributed by atoms with Gasteiger partial charge in [-0.25, -0.2) is 0 Å². The number of benzene rings is 3. The summed E-state index contributed by atoms with van der Waals surface area (Å²) in [6, 6.07) is 30.3. The molecule has 1 heterocycles. The third-order valence-corrected chi connectivity index (χ3v) is 6.71. The van der Waals surface area contributed by atoms with Crippen LogP contribution in [0.25, 0.3) is 0 Å². The lowest BCUT2D eigenvalue weighted by atomic mass is 9.72. The maximum atomic E-state index is 11.8. The lowest BCUT2D eigenvalue weighted by Gasteiger charge is -2.47. The van der Waals surface area contributed by atoms with Gasteiger partial charge < -0.3 is 15.1 Å². The largest absolute Gasteiger partial charge is 0.388 e. The van der Waals surface area contributed by atoms with Gasteiger partial charge >= 0.3 is 0 Å². The van der Waals surface area contributed by atoms with Gasteiger partial charge in [0.2, 0.25) is 0 Å². The predicted molar refractivity (Wildman–Crippen MR) is 126 cm³/mol. The van der Waals surface area contributed by atoms with Crippen LogP contribution < -0.4 is 0 Å². The topological polar surface area (TPSA) is 43.7 Å². The highest BCUT2D eigenvalue weighted by atomic mass is 16.3. The molecule has 1 unspecified atom stereocenters. The maximum absolute atomic E-state index is 11.8. The third kappa shape index (κ3) is 5.24. The van der Waals surface area contributed by atoms with Crippen molar-refractivity contribution in [3.8, 4) is 0 Å². The van der Waals surface area contributed by atoms with Gasteiger partial charge in [-0.3, -0.25) is 0 Å². The molecule has 1 fully saturated rings. The molecular formula is C28H33NO2. The van der Waals surface area contributed by atoms with Crippen molar-refractivity contribution in [2.24, 2.45) is 5.92 Å². The summed E-state index contributed by atoms with van der Waals surface area (Å²) in [5.41, 5.74) is 2.13. The molecule has 3 heteroatoms. The fourth-order valence-electron chi connectivity index (χ4n) is 4.88. The highest BCUT2D eigenvalue weighted by Gasteiger charge is 2.46. The summed E-state index contributed by atoms with van der Waals surface area (Å²) >= 11 is 0. The summed E-state index contributed by atoms with van der Waals surface area (Å²) in [4.78, 5) is 2.42. The molecule has 1 aliphatic heterocycles. The number of rotatable bonds is 8. The second-order valence-corrected chi connectivity index (χ2v) is 8.75. The summed E-state index contributed by atoms with van der Waals surface area (Å²) in [6.07, 6.45) is 3.28. The van der Waals surface area contributed by atoms with Crippen molar-refractivity contribution in [1.82, 2.24) is 4.90 Å². The van der Waals surface area contributed by atoms with E-state index in [0.29, 0.717) is 13.0 Å². The first-order chi connectivity index (χ1) is 15.2. The van der Waals surface area contributed by atoms with Crippen molar-refractivity contribution in [2.45, 2.75) is 37.4 Å². The Hall–Kier alpha value is -2.46. The van der Waals surface area contributed by atoms with Crippen molar-refractivity contribution >= 4 is 0 Å². The van der Waals surface area contributed by atoms with E-state index in [1.807, 2.05) is 60.7 Å². The Kier molecular flexibility index (Phi) is 7.18. The Labute approximate surface area is 186 Å². The number of piperidine rings is 1. The van der Waals surface area contributed by atoms with E-state index in [-0.39, 0.29) is 5.92 Å². The molecule has 3 aromatic carbocycles. The van der Waals surface area contributed by atoms with Gasteiger partial charge in [0, 0.05) is 19.0 Å². The predicted octanol–water partition coefficient (Wildman–Crippen LogP) is 4.95. The zero-order valence-corrected chi connectivity index (χ0v) is 18.1. The lowest BCUT2D eigenvalue weighted by molar-refractivity contribution is -0.122. The van der Waals surface area contributed by atoms with Gasteiger partial charge in [-0.15, -0.1) is 0 Å². The Morgan fingerprint density at radius 3 is 2.13 bits per heavy atom. The Balaban J connectivity index is 1.45. The fraction of sp³-hybridized carbons (Fsp3) is 0.357. The minimum Gasteiger partial charge on any atom is -0.388 e.